The van der Waals surface area contributed by atoms with E-state index in [9.17, 15) is 4.79 Å². The fourth-order valence-electron chi connectivity index (χ4n) is 2.36. The summed E-state index contributed by atoms with van der Waals surface area (Å²) >= 11 is 3.59. The van der Waals surface area contributed by atoms with Crippen LogP contribution in [0.5, 0.6) is 0 Å². The first kappa shape index (κ1) is 14.1. The van der Waals surface area contributed by atoms with Crippen molar-refractivity contribution < 1.29 is 9.90 Å². The van der Waals surface area contributed by atoms with E-state index < -0.39 is 5.97 Å². The van der Waals surface area contributed by atoms with E-state index in [4.69, 9.17) is 5.11 Å². The van der Waals surface area contributed by atoms with Gasteiger partial charge in [-0.1, -0.05) is 18.9 Å². The first-order valence-electron chi connectivity index (χ1n) is 6.62. The van der Waals surface area contributed by atoms with Gasteiger partial charge in [-0.2, -0.15) is 0 Å². The van der Waals surface area contributed by atoms with Crippen molar-refractivity contribution in [2.24, 2.45) is 0 Å². The lowest BCUT2D eigenvalue weighted by Gasteiger charge is -2.24. The summed E-state index contributed by atoms with van der Waals surface area (Å²) in [5, 5.41) is 8.63. The molecule has 2 rings (SSSR count). The molecule has 1 aromatic carbocycles. The van der Waals surface area contributed by atoms with Crippen molar-refractivity contribution in [3.8, 4) is 0 Å². The van der Waals surface area contributed by atoms with Crippen LogP contribution in [0.2, 0.25) is 0 Å². The molecule has 4 heteroatoms. The molecule has 0 saturated carbocycles. The molecule has 0 spiro atoms. The molecule has 1 aliphatic rings. The molecule has 3 nitrogen and oxygen atoms in total. The average Bonchev–Trinajstić information content (AvgIpc) is 2.65. The lowest BCUT2D eigenvalue weighted by atomic mass is 10.1. The van der Waals surface area contributed by atoms with E-state index in [0.29, 0.717) is 0 Å². The minimum Gasteiger partial charge on any atom is -0.478 e. The molecule has 0 atom stereocenters. The number of nitrogens with zero attached hydrogens (tertiary/aromatic N) is 1. The van der Waals surface area contributed by atoms with Crippen LogP contribution in [0.3, 0.4) is 0 Å². The van der Waals surface area contributed by atoms with E-state index in [1.165, 1.54) is 31.4 Å². The number of anilines is 1. The Morgan fingerprint density at radius 1 is 1.21 bits per heavy atom. The maximum atomic E-state index is 10.5. The average molecular weight is 324 g/mol. The molecule has 0 aliphatic carbocycles. The third-order valence-corrected chi connectivity index (χ3v) is 3.97. The first-order chi connectivity index (χ1) is 9.16. The van der Waals surface area contributed by atoms with Crippen LogP contribution in [0.15, 0.2) is 28.7 Å². The molecule has 1 heterocycles. The minimum atomic E-state index is -0.923. The molecule has 0 unspecified atom stereocenters. The standard InChI is InChI=1S/C15H18BrNO2/c16-13-11-12(6-8-15(18)19)5-7-14(13)17-9-3-1-2-4-10-17/h5-8,11H,1-4,9-10H2,(H,18,19)/b8-6+. The molecule has 1 saturated heterocycles. The predicted molar refractivity (Wildman–Crippen MR) is 81.5 cm³/mol. The quantitative estimate of drug-likeness (QED) is 0.857. The Kier molecular flexibility index (Phi) is 5.02. The fraction of sp³-hybridized carbons (Fsp3) is 0.400. The second kappa shape index (κ2) is 6.75. The molecule has 0 radical (unpaired) electrons. The molecular formula is C15H18BrNO2. The summed E-state index contributed by atoms with van der Waals surface area (Å²) in [6.45, 7) is 2.20. The second-order valence-corrected chi connectivity index (χ2v) is 5.64. The maximum Gasteiger partial charge on any atom is 0.328 e. The van der Waals surface area contributed by atoms with Crippen molar-refractivity contribution in [2.45, 2.75) is 25.7 Å². The highest BCUT2D eigenvalue weighted by Gasteiger charge is 2.12. The van der Waals surface area contributed by atoms with Crippen LogP contribution in [-0.2, 0) is 4.79 Å². The van der Waals surface area contributed by atoms with Gasteiger partial charge in [0.25, 0.3) is 0 Å². The van der Waals surface area contributed by atoms with E-state index in [1.807, 2.05) is 12.1 Å². The van der Waals surface area contributed by atoms with E-state index in [-0.39, 0.29) is 0 Å². The molecule has 19 heavy (non-hydrogen) atoms. The maximum absolute atomic E-state index is 10.5. The summed E-state index contributed by atoms with van der Waals surface area (Å²) in [6, 6.07) is 6.00. The lowest BCUT2D eigenvalue weighted by molar-refractivity contribution is -0.131. The molecule has 1 fully saturated rings. The minimum absolute atomic E-state index is 0.896. The number of benzene rings is 1. The Hall–Kier alpha value is -1.29. The van der Waals surface area contributed by atoms with Gasteiger partial charge in [-0.05, 0) is 52.5 Å². The van der Waals surface area contributed by atoms with E-state index in [0.717, 1.165) is 29.2 Å². The Balaban J connectivity index is 2.16. The lowest BCUT2D eigenvalue weighted by Crippen LogP contribution is -2.24. The van der Waals surface area contributed by atoms with Gasteiger partial charge in [0.15, 0.2) is 0 Å². The van der Waals surface area contributed by atoms with Gasteiger partial charge in [0.1, 0.15) is 0 Å². The highest BCUT2D eigenvalue weighted by Crippen LogP contribution is 2.29. The van der Waals surface area contributed by atoms with Crippen molar-refractivity contribution >= 4 is 33.7 Å². The van der Waals surface area contributed by atoms with Gasteiger partial charge in [0, 0.05) is 23.6 Å². The predicted octanol–water partition coefficient (Wildman–Crippen LogP) is 3.93. The topological polar surface area (TPSA) is 40.5 Å². The van der Waals surface area contributed by atoms with E-state index in [2.05, 4.69) is 26.9 Å². The molecule has 0 aromatic heterocycles. The number of halogens is 1. The molecule has 1 N–H and O–H groups in total. The van der Waals surface area contributed by atoms with E-state index >= 15 is 0 Å². The second-order valence-electron chi connectivity index (χ2n) is 4.78. The fourth-order valence-corrected chi connectivity index (χ4v) is 3.01. The largest absolute Gasteiger partial charge is 0.478 e. The Labute approximate surface area is 122 Å². The zero-order valence-electron chi connectivity index (χ0n) is 10.8. The first-order valence-corrected chi connectivity index (χ1v) is 7.41. The zero-order chi connectivity index (χ0) is 13.7. The van der Waals surface area contributed by atoms with Crippen molar-refractivity contribution in [2.75, 3.05) is 18.0 Å². The highest BCUT2D eigenvalue weighted by atomic mass is 79.9. The molecule has 0 bridgehead atoms. The van der Waals surface area contributed by atoms with Gasteiger partial charge in [-0.25, -0.2) is 4.79 Å². The Morgan fingerprint density at radius 2 is 1.89 bits per heavy atom. The summed E-state index contributed by atoms with van der Waals surface area (Å²) < 4.78 is 1.03. The van der Waals surface area contributed by atoms with Gasteiger partial charge >= 0.3 is 5.97 Å². The number of carboxylic acid groups (broad SMARTS) is 1. The number of carbonyl (C=O) groups is 1. The van der Waals surface area contributed by atoms with Gasteiger partial charge in [0.2, 0.25) is 0 Å². The van der Waals surface area contributed by atoms with Crippen LogP contribution in [0, 0.1) is 0 Å². The van der Waals surface area contributed by atoms with Crippen molar-refractivity contribution in [1.82, 2.24) is 0 Å². The van der Waals surface area contributed by atoms with Gasteiger partial charge < -0.3 is 10.0 Å². The number of rotatable bonds is 3. The normalized spacial score (nSPS) is 16.6. The SMILES string of the molecule is O=C(O)/C=C/c1ccc(N2CCCCCC2)c(Br)c1. The van der Waals surface area contributed by atoms with Gasteiger partial charge in [0.05, 0.1) is 5.69 Å². The highest BCUT2D eigenvalue weighted by molar-refractivity contribution is 9.10. The van der Waals surface area contributed by atoms with Crippen LogP contribution in [0.25, 0.3) is 6.08 Å². The van der Waals surface area contributed by atoms with Crippen LogP contribution in [-0.4, -0.2) is 24.2 Å². The molecule has 1 aliphatic heterocycles. The molecule has 102 valence electrons. The Bertz CT molecular complexity index is 477. The summed E-state index contributed by atoms with van der Waals surface area (Å²) in [4.78, 5) is 12.9. The monoisotopic (exact) mass is 323 g/mol. The van der Waals surface area contributed by atoms with Gasteiger partial charge in [-0.3, -0.25) is 0 Å². The number of carboxylic acids is 1. The van der Waals surface area contributed by atoms with Gasteiger partial charge in [-0.15, -0.1) is 0 Å². The van der Waals surface area contributed by atoms with E-state index in [1.54, 1.807) is 6.08 Å². The zero-order valence-corrected chi connectivity index (χ0v) is 12.4. The van der Waals surface area contributed by atoms with Crippen LogP contribution in [0.1, 0.15) is 31.2 Å². The summed E-state index contributed by atoms with van der Waals surface area (Å²) in [6.07, 6.45) is 7.88. The van der Waals surface area contributed by atoms with Crippen LogP contribution in [0.4, 0.5) is 5.69 Å². The summed E-state index contributed by atoms with van der Waals surface area (Å²) in [5.74, 6) is -0.923. The number of aliphatic carboxylic acids is 1. The number of hydrogen-bond donors (Lipinski definition) is 1. The third-order valence-electron chi connectivity index (χ3n) is 3.34. The molecule has 0 amide bonds. The van der Waals surface area contributed by atoms with Crippen molar-refractivity contribution in [3.63, 3.8) is 0 Å². The number of hydrogen-bond acceptors (Lipinski definition) is 2. The van der Waals surface area contributed by atoms with Crippen molar-refractivity contribution in [1.29, 1.82) is 0 Å². The third kappa shape index (κ3) is 4.10. The van der Waals surface area contributed by atoms with Crippen molar-refractivity contribution in [3.05, 3.63) is 34.3 Å². The smallest absolute Gasteiger partial charge is 0.328 e. The molecule has 1 aromatic rings. The Morgan fingerprint density at radius 3 is 2.47 bits per heavy atom. The summed E-state index contributed by atoms with van der Waals surface area (Å²) in [7, 11) is 0. The van der Waals surface area contributed by atoms with Crippen LogP contribution < -0.4 is 4.90 Å². The summed E-state index contributed by atoms with van der Waals surface area (Å²) in [5.41, 5.74) is 2.10. The van der Waals surface area contributed by atoms with Crippen LogP contribution >= 0.6 is 15.9 Å². The molecular weight excluding hydrogens is 306 g/mol.